The van der Waals surface area contributed by atoms with E-state index < -0.39 is 0 Å². The zero-order chi connectivity index (χ0) is 14.0. The summed E-state index contributed by atoms with van der Waals surface area (Å²) < 4.78 is 0. The SMILES string of the molecule is Cc1cc(=O)c(C(=O)N2CCCC(C#N)C2)c(C)[nH]1. The summed E-state index contributed by atoms with van der Waals surface area (Å²) in [6.45, 7) is 4.55. The Bertz CT molecular complexity index is 598. The highest BCUT2D eigenvalue weighted by Crippen LogP contribution is 2.17. The second kappa shape index (κ2) is 5.27. The summed E-state index contributed by atoms with van der Waals surface area (Å²) in [6.07, 6.45) is 1.64. The monoisotopic (exact) mass is 259 g/mol. The fourth-order valence-electron chi connectivity index (χ4n) is 2.54. The molecule has 1 aromatic rings. The Kier molecular flexibility index (Phi) is 3.70. The smallest absolute Gasteiger partial charge is 0.259 e. The summed E-state index contributed by atoms with van der Waals surface area (Å²) in [5.41, 5.74) is 1.28. The minimum Gasteiger partial charge on any atom is -0.362 e. The Labute approximate surface area is 111 Å². The van der Waals surface area contributed by atoms with E-state index in [2.05, 4.69) is 11.1 Å². The first-order chi connectivity index (χ1) is 9.02. The second-order valence-electron chi connectivity index (χ2n) is 5.04. The number of pyridine rings is 1. The zero-order valence-corrected chi connectivity index (χ0v) is 11.2. The molecule has 2 rings (SSSR count). The molecule has 1 N–H and O–H groups in total. The van der Waals surface area contributed by atoms with Crippen LogP contribution < -0.4 is 5.43 Å². The Morgan fingerprint density at radius 2 is 2.26 bits per heavy atom. The maximum absolute atomic E-state index is 12.4. The fraction of sp³-hybridized carbons (Fsp3) is 0.500. The van der Waals surface area contributed by atoms with Gasteiger partial charge in [-0.25, -0.2) is 0 Å². The van der Waals surface area contributed by atoms with Gasteiger partial charge in [-0.2, -0.15) is 5.26 Å². The van der Waals surface area contributed by atoms with Crippen molar-refractivity contribution in [3.8, 4) is 6.07 Å². The van der Waals surface area contributed by atoms with Gasteiger partial charge in [-0.3, -0.25) is 9.59 Å². The number of hydrogen-bond donors (Lipinski definition) is 1. The topological polar surface area (TPSA) is 77.0 Å². The highest BCUT2D eigenvalue weighted by atomic mass is 16.2. The molecule has 0 spiro atoms. The number of hydrogen-bond acceptors (Lipinski definition) is 3. The molecule has 100 valence electrons. The van der Waals surface area contributed by atoms with Gasteiger partial charge in [0.2, 0.25) is 0 Å². The van der Waals surface area contributed by atoms with Crippen LogP contribution >= 0.6 is 0 Å². The fourth-order valence-corrected chi connectivity index (χ4v) is 2.54. The number of amides is 1. The van der Waals surface area contributed by atoms with Gasteiger partial charge in [0.1, 0.15) is 5.56 Å². The molecule has 5 nitrogen and oxygen atoms in total. The highest BCUT2D eigenvalue weighted by Gasteiger charge is 2.26. The number of aromatic nitrogens is 1. The molecule has 5 heteroatoms. The lowest BCUT2D eigenvalue weighted by Crippen LogP contribution is -2.41. The average molecular weight is 259 g/mol. The number of rotatable bonds is 1. The lowest BCUT2D eigenvalue weighted by atomic mass is 9.98. The third-order valence-corrected chi connectivity index (χ3v) is 3.46. The third kappa shape index (κ3) is 2.68. The molecule has 1 aliphatic rings. The number of aromatic amines is 1. The normalized spacial score (nSPS) is 19.0. The van der Waals surface area contributed by atoms with Crippen LogP contribution in [0, 0.1) is 31.1 Å². The van der Waals surface area contributed by atoms with Gasteiger partial charge < -0.3 is 9.88 Å². The molecule has 19 heavy (non-hydrogen) atoms. The maximum atomic E-state index is 12.4. The number of aryl methyl sites for hydroxylation is 2. The van der Waals surface area contributed by atoms with Crippen molar-refractivity contribution < 1.29 is 4.79 Å². The van der Waals surface area contributed by atoms with E-state index in [9.17, 15) is 9.59 Å². The zero-order valence-electron chi connectivity index (χ0n) is 11.2. The molecule has 2 heterocycles. The van der Waals surface area contributed by atoms with Gasteiger partial charge >= 0.3 is 0 Å². The van der Waals surface area contributed by atoms with E-state index in [1.807, 2.05) is 0 Å². The van der Waals surface area contributed by atoms with Gasteiger partial charge in [0.05, 0.1) is 12.0 Å². The minimum absolute atomic E-state index is 0.123. The summed E-state index contributed by atoms with van der Waals surface area (Å²) in [4.78, 5) is 29.0. The van der Waals surface area contributed by atoms with Crippen LogP contribution in [0.1, 0.15) is 34.6 Å². The van der Waals surface area contributed by atoms with Crippen molar-refractivity contribution in [2.75, 3.05) is 13.1 Å². The predicted molar refractivity (Wildman–Crippen MR) is 70.8 cm³/mol. The Morgan fingerprint density at radius 3 is 2.89 bits per heavy atom. The van der Waals surface area contributed by atoms with Crippen molar-refractivity contribution in [3.05, 3.63) is 33.2 Å². The molecule has 1 saturated heterocycles. The molecule has 0 aromatic carbocycles. The van der Waals surface area contributed by atoms with E-state index in [0.29, 0.717) is 18.8 Å². The standard InChI is InChI=1S/C14H17N3O2/c1-9-6-12(18)13(10(2)16-9)14(19)17-5-3-4-11(7-15)8-17/h6,11H,3-5,8H2,1-2H3,(H,16,18). The average Bonchev–Trinajstić information content (AvgIpc) is 2.37. The number of nitrogens with zero attached hydrogens (tertiary/aromatic N) is 2. The van der Waals surface area contributed by atoms with Crippen molar-refractivity contribution in [2.45, 2.75) is 26.7 Å². The molecule has 1 aliphatic heterocycles. The summed E-state index contributed by atoms with van der Waals surface area (Å²) >= 11 is 0. The van der Waals surface area contributed by atoms with Gasteiger partial charge in [-0.1, -0.05) is 0 Å². The predicted octanol–water partition coefficient (Wildman–Crippen LogP) is 1.37. The number of piperidine rings is 1. The van der Waals surface area contributed by atoms with Crippen LogP contribution in [0.2, 0.25) is 0 Å². The van der Waals surface area contributed by atoms with Crippen molar-refractivity contribution in [1.82, 2.24) is 9.88 Å². The van der Waals surface area contributed by atoms with Crippen molar-refractivity contribution in [3.63, 3.8) is 0 Å². The first-order valence-electron chi connectivity index (χ1n) is 6.42. The summed E-state index contributed by atoms with van der Waals surface area (Å²) in [5.74, 6) is -0.388. The molecule has 1 unspecified atom stereocenters. The van der Waals surface area contributed by atoms with Gasteiger partial charge in [0, 0.05) is 30.5 Å². The van der Waals surface area contributed by atoms with E-state index >= 15 is 0 Å². The Balaban J connectivity index is 2.30. The molecule has 1 atom stereocenters. The van der Waals surface area contributed by atoms with Crippen molar-refractivity contribution >= 4 is 5.91 Å². The molecular weight excluding hydrogens is 242 g/mol. The number of nitriles is 1. The molecule has 0 aliphatic carbocycles. The van der Waals surface area contributed by atoms with Crippen molar-refractivity contribution in [2.24, 2.45) is 5.92 Å². The summed E-state index contributed by atoms with van der Waals surface area (Å²) in [7, 11) is 0. The van der Waals surface area contributed by atoms with Gasteiger partial charge in [0.15, 0.2) is 5.43 Å². The number of H-pyrrole nitrogens is 1. The minimum atomic E-state index is -0.265. The molecule has 1 amide bonds. The van der Waals surface area contributed by atoms with E-state index in [0.717, 1.165) is 18.5 Å². The van der Waals surface area contributed by atoms with Crippen LogP contribution in [0.25, 0.3) is 0 Å². The Morgan fingerprint density at radius 1 is 1.53 bits per heavy atom. The Hall–Kier alpha value is -2.09. The van der Waals surface area contributed by atoms with Crippen LogP contribution in [0.5, 0.6) is 0 Å². The number of nitrogens with one attached hydrogen (secondary N) is 1. The largest absolute Gasteiger partial charge is 0.362 e. The quantitative estimate of drug-likeness (QED) is 0.827. The lowest BCUT2D eigenvalue weighted by Gasteiger charge is -2.29. The maximum Gasteiger partial charge on any atom is 0.259 e. The molecule has 0 bridgehead atoms. The van der Waals surface area contributed by atoms with Gasteiger partial charge in [-0.15, -0.1) is 0 Å². The van der Waals surface area contributed by atoms with Crippen LogP contribution in [-0.2, 0) is 0 Å². The van der Waals surface area contributed by atoms with Crippen LogP contribution in [-0.4, -0.2) is 28.9 Å². The summed E-state index contributed by atoms with van der Waals surface area (Å²) in [6, 6.07) is 3.64. The highest BCUT2D eigenvalue weighted by molar-refractivity contribution is 5.95. The number of likely N-dealkylation sites (tertiary alicyclic amines) is 1. The molecule has 1 aromatic heterocycles. The first kappa shape index (κ1) is 13.3. The van der Waals surface area contributed by atoms with Crippen LogP contribution in [0.4, 0.5) is 0 Å². The lowest BCUT2D eigenvalue weighted by molar-refractivity contribution is 0.0696. The van der Waals surface area contributed by atoms with Gasteiger partial charge in [-0.05, 0) is 26.7 Å². The molecular formula is C14H17N3O2. The summed E-state index contributed by atoms with van der Waals surface area (Å²) in [5, 5.41) is 8.95. The molecule has 1 fully saturated rings. The third-order valence-electron chi connectivity index (χ3n) is 3.46. The van der Waals surface area contributed by atoms with Crippen molar-refractivity contribution in [1.29, 1.82) is 5.26 Å². The van der Waals surface area contributed by atoms with Crippen LogP contribution in [0.15, 0.2) is 10.9 Å². The number of carbonyl (C=O) groups is 1. The number of carbonyl (C=O) groups excluding carboxylic acids is 1. The molecule has 0 saturated carbocycles. The first-order valence-corrected chi connectivity index (χ1v) is 6.42. The van der Waals surface area contributed by atoms with Gasteiger partial charge in [0.25, 0.3) is 5.91 Å². The van der Waals surface area contributed by atoms with E-state index in [-0.39, 0.29) is 22.8 Å². The van der Waals surface area contributed by atoms with Crippen LogP contribution in [0.3, 0.4) is 0 Å². The molecule has 0 radical (unpaired) electrons. The second-order valence-corrected chi connectivity index (χ2v) is 5.04. The van der Waals surface area contributed by atoms with E-state index in [4.69, 9.17) is 5.26 Å². The van der Waals surface area contributed by atoms with E-state index in [1.54, 1.807) is 18.7 Å². The van der Waals surface area contributed by atoms with E-state index in [1.165, 1.54) is 6.07 Å².